The molecule has 0 radical (unpaired) electrons. The molecule has 0 aliphatic heterocycles. The highest BCUT2D eigenvalue weighted by atomic mass is 16.2. The second-order valence-electron chi connectivity index (χ2n) is 1.65. The maximum absolute atomic E-state index is 10.6. The van der Waals surface area contributed by atoms with Crippen molar-refractivity contribution in [2.24, 2.45) is 0 Å². The van der Waals surface area contributed by atoms with Crippen molar-refractivity contribution in [1.29, 1.82) is 0 Å². The van der Waals surface area contributed by atoms with E-state index in [4.69, 9.17) is 0 Å². The van der Waals surface area contributed by atoms with Gasteiger partial charge in [-0.2, -0.15) is 0 Å². The normalized spacial score (nSPS) is 9.11. The molecule has 4 nitrogen and oxygen atoms in total. The van der Waals surface area contributed by atoms with Gasteiger partial charge in [0, 0.05) is 20.0 Å². The van der Waals surface area contributed by atoms with Crippen LogP contribution in [0.1, 0.15) is 6.42 Å². The van der Waals surface area contributed by atoms with Crippen LogP contribution in [0, 0.1) is 0 Å². The minimum absolute atomic E-state index is 0.00634. The highest BCUT2D eigenvalue weighted by Crippen LogP contribution is 1.71. The van der Waals surface area contributed by atoms with Crippen LogP contribution in [0.15, 0.2) is 0 Å². The Morgan fingerprint density at radius 1 is 1.44 bits per heavy atom. The summed E-state index contributed by atoms with van der Waals surface area (Å²) in [5, 5.41) is 2.87. The Morgan fingerprint density at radius 2 is 2.11 bits per heavy atom. The molecule has 4 heteroatoms. The van der Waals surface area contributed by atoms with Crippen molar-refractivity contribution in [1.82, 2.24) is 16.2 Å². The number of carbonyl (C=O) groups is 1. The van der Waals surface area contributed by atoms with Gasteiger partial charge in [-0.25, -0.2) is 5.43 Å². The fourth-order valence-electron chi connectivity index (χ4n) is 0.440. The van der Waals surface area contributed by atoms with Gasteiger partial charge in [0.1, 0.15) is 0 Å². The third-order valence-electron chi connectivity index (χ3n) is 0.866. The minimum Gasteiger partial charge on any atom is -0.319 e. The average Bonchev–Trinajstić information content (AvgIpc) is 1.85. The fraction of sp³-hybridized carbons (Fsp3) is 0.800. The Labute approximate surface area is 55.0 Å². The zero-order chi connectivity index (χ0) is 7.11. The lowest BCUT2D eigenvalue weighted by atomic mass is 10.4. The van der Waals surface area contributed by atoms with Crippen molar-refractivity contribution in [3.8, 4) is 0 Å². The number of hydrazine groups is 1. The molecule has 0 aromatic carbocycles. The van der Waals surface area contributed by atoms with Crippen molar-refractivity contribution in [2.75, 3.05) is 20.6 Å². The van der Waals surface area contributed by atoms with E-state index in [1.54, 1.807) is 7.05 Å². The van der Waals surface area contributed by atoms with Crippen LogP contribution in [-0.2, 0) is 4.79 Å². The summed E-state index contributed by atoms with van der Waals surface area (Å²) < 4.78 is 0. The van der Waals surface area contributed by atoms with Crippen molar-refractivity contribution in [3.05, 3.63) is 0 Å². The number of nitrogens with one attached hydrogen (secondary N) is 3. The van der Waals surface area contributed by atoms with Gasteiger partial charge in [-0.05, 0) is 7.05 Å². The number of rotatable bonds is 4. The van der Waals surface area contributed by atoms with Crippen LogP contribution in [0.5, 0.6) is 0 Å². The minimum atomic E-state index is 0.00634. The topological polar surface area (TPSA) is 53.2 Å². The predicted octanol–water partition coefficient (Wildman–Crippen LogP) is -1.15. The molecule has 0 fully saturated rings. The molecule has 0 spiro atoms. The maximum Gasteiger partial charge on any atom is 0.235 e. The van der Waals surface area contributed by atoms with E-state index in [1.165, 1.54) is 0 Å². The third-order valence-corrected chi connectivity index (χ3v) is 0.866. The summed E-state index contributed by atoms with van der Waals surface area (Å²) in [6, 6.07) is 0. The van der Waals surface area contributed by atoms with E-state index in [0.29, 0.717) is 13.0 Å². The third kappa shape index (κ3) is 5.26. The first kappa shape index (κ1) is 8.39. The number of hydrogen-bond acceptors (Lipinski definition) is 3. The molecule has 0 saturated heterocycles. The average molecular weight is 131 g/mol. The summed E-state index contributed by atoms with van der Waals surface area (Å²) in [5.41, 5.74) is 5.00. The van der Waals surface area contributed by atoms with E-state index in [2.05, 4.69) is 16.2 Å². The Morgan fingerprint density at radius 3 is 2.56 bits per heavy atom. The van der Waals surface area contributed by atoms with E-state index in [1.807, 2.05) is 7.05 Å². The Kier molecular flexibility index (Phi) is 5.15. The van der Waals surface area contributed by atoms with Gasteiger partial charge in [0.05, 0.1) is 0 Å². The van der Waals surface area contributed by atoms with Crippen molar-refractivity contribution in [2.45, 2.75) is 6.42 Å². The monoisotopic (exact) mass is 131 g/mol. The molecule has 0 bridgehead atoms. The van der Waals surface area contributed by atoms with Crippen LogP contribution in [0.3, 0.4) is 0 Å². The molecule has 0 aliphatic carbocycles. The molecule has 0 aromatic rings. The largest absolute Gasteiger partial charge is 0.319 e. The molecule has 0 aromatic heterocycles. The van der Waals surface area contributed by atoms with Gasteiger partial charge in [0.2, 0.25) is 5.91 Å². The van der Waals surface area contributed by atoms with Gasteiger partial charge < -0.3 is 5.32 Å². The van der Waals surface area contributed by atoms with Crippen LogP contribution >= 0.6 is 0 Å². The quantitative estimate of drug-likeness (QED) is 0.422. The van der Waals surface area contributed by atoms with Gasteiger partial charge in [0.15, 0.2) is 0 Å². The van der Waals surface area contributed by atoms with Gasteiger partial charge in [-0.1, -0.05) is 0 Å². The van der Waals surface area contributed by atoms with Crippen LogP contribution in [0.4, 0.5) is 0 Å². The molecular weight excluding hydrogens is 118 g/mol. The van der Waals surface area contributed by atoms with Crippen molar-refractivity contribution >= 4 is 5.91 Å². The summed E-state index contributed by atoms with van der Waals surface area (Å²) in [6.07, 6.45) is 0.511. The zero-order valence-corrected chi connectivity index (χ0v) is 5.82. The van der Waals surface area contributed by atoms with E-state index in [-0.39, 0.29) is 5.91 Å². The summed E-state index contributed by atoms with van der Waals surface area (Å²) >= 11 is 0. The predicted molar refractivity (Wildman–Crippen MR) is 35.7 cm³/mol. The second-order valence-corrected chi connectivity index (χ2v) is 1.65. The highest BCUT2D eigenvalue weighted by Gasteiger charge is 1.94. The van der Waals surface area contributed by atoms with E-state index < -0.39 is 0 Å². The van der Waals surface area contributed by atoms with Crippen molar-refractivity contribution < 1.29 is 4.79 Å². The number of hydrogen-bond donors (Lipinski definition) is 3. The van der Waals surface area contributed by atoms with Crippen LogP contribution in [0.25, 0.3) is 0 Å². The Bertz CT molecular complexity index is 84.3. The van der Waals surface area contributed by atoms with E-state index in [9.17, 15) is 4.79 Å². The molecule has 0 rings (SSSR count). The summed E-state index contributed by atoms with van der Waals surface area (Å²) in [7, 11) is 3.48. The van der Waals surface area contributed by atoms with Crippen LogP contribution in [-0.4, -0.2) is 26.5 Å². The molecule has 0 aliphatic rings. The molecule has 54 valence electrons. The molecule has 9 heavy (non-hydrogen) atoms. The van der Waals surface area contributed by atoms with Gasteiger partial charge in [0.25, 0.3) is 0 Å². The second kappa shape index (κ2) is 5.53. The number of amides is 1. The van der Waals surface area contributed by atoms with Crippen LogP contribution < -0.4 is 16.2 Å². The lowest BCUT2D eigenvalue weighted by molar-refractivity contribution is -0.121. The van der Waals surface area contributed by atoms with Crippen LogP contribution in [0.2, 0.25) is 0 Å². The first-order valence-corrected chi connectivity index (χ1v) is 2.91. The number of carbonyl (C=O) groups excluding carboxylic acids is 1. The summed E-state index contributed by atoms with van der Waals surface area (Å²) in [4.78, 5) is 10.6. The SMILES string of the molecule is CNCCC(=O)NNC. The molecule has 0 atom stereocenters. The molecule has 1 amide bonds. The Hall–Kier alpha value is -0.610. The molecule has 3 N–H and O–H groups in total. The van der Waals surface area contributed by atoms with E-state index in [0.717, 1.165) is 0 Å². The summed E-state index contributed by atoms with van der Waals surface area (Å²) in [5.74, 6) is 0.00634. The Balaban J connectivity index is 3.06. The fourth-order valence-corrected chi connectivity index (χ4v) is 0.440. The summed E-state index contributed by atoms with van der Waals surface area (Å²) in [6.45, 7) is 0.716. The zero-order valence-electron chi connectivity index (χ0n) is 5.82. The van der Waals surface area contributed by atoms with Gasteiger partial charge in [-0.3, -0.25) is 10.2 Å². The smallest absolute Gasteiger partial charge is 0.235 e. The highest BCUT2D eigenvalue weighted by molar-refractivity contribution is 5.75. The first-order valence-electron chi connectivity index (χ1n) is 2.91. The maximum atomic E-state index is 10.6. The van der Waals surface area contributed by atoms with Crippen molar-refractivity contribution in [3.63, 3.8) is 0 Å². The first-order chi connectivity index (χ1) is 4.31. The lowest BCUT2D eigenvalue weighted by Gasteiger charge is -2.00. The molecular formula is C5H13N3O. The van der Waals surface area contributed by atoms with Gasteiger partial charge in [-0.15, -0.1) is 0 Å². The molecule has 0 heterocycles. The van der Waals surface area contributed by atoms with Gasteiger partial charge >= 0.3 is 0 Å². The van der Waals surface area contributed by atoms with E-state index >= 15 is 0 Å². The lowest BCUT2D eigenvalue weighted by Crippen LogP contribution is -2.35. The standard InChI is InChI=1S/C5H13N3O/c1-6-4-3-5(9)8-7-2/h6-7H,3-4H2,1-2H3,(H,8,9). The molecule has 0 saturated carbocycles. The molecule has 0 unspecified atom stereocenters.